The van der Waals surface area contributed by atoms with Crippen molar-refractivity contribution in [3.8, 4) is 22.4 Å². The fourth-order valence-corrected chi connectivity index (χ4v) is 3.18. The molecule has 0 atom stereocenters. The van der Waals surface area contributed by atoms with Gasteiger partial charge in [-0.25, -0.2) is 9.48 Å². The van der Waals surface area contributed by atoms with Crippen LogP contribution < -0.4 is 5.56 Å². The molecule has 0 spiro atoms. The van der Waals surface area contributed by atoms with Crippen molar-refractivity contribution < 1.29 is 19.1 Å². The van der Waals surface area contributed by atoms with E-state index in [0.29, 0.717) is 22.4 Å². The molecule has 31 heavy (non-hydrogen) atoms. The maximum atomic E-state index is 13.3. The summed E-state index contributed by atoms with van der Waals surface area (Å²) in [5.74, 6) is -1.39. The van der Waals surface area contributed by atoms with Crippen LogP contribution in [-0.4, -0.2) is 34.4 Å². The maximum absolute atomic E-state index is 13.3. The summed E-state index contributed by atoms with van der Waals surface area (Å²) in [4.78, 5) is 38.4. The summed E-state index contributed by atoms with van der Waals surface area (Å²) in [6.45, 7) is 4.78. The summed E-state index contributed by atoms with van der Waals surface area (Å²) in [6, 6.07) is 18.2. The minimum atomic E-state index is -0.767. The molecule has 3 rings (SSSR count). The van der Waals surface area contributed by atoms with E-state index < -0.39 is 24.0 Å². The average molecular weight is 420 g/mol. The van der Waals surface area contributed by atoms with Gasteiger partial charge in [0.05, 0.1) is 18.4 Å². The molecule has 1 aromatic heterocycles. The predicted molar refractivity (Wildman–Crippen MR) is 117 cm³/mol. The van der Waals surface area contributed by atoms with Crippen LogP contribution in [0.2, 0.25) is 0 Å². The molecular formula is C24H24N2O5. The van der Waals surface area contributed by atoms with E-state index in [1.807, 2.05) is 48.5 Å². The van der Waals surface area contributed by atoms with Gasteiger partial charge >= 0.3 is 11.9 Å². The SMILES string of the molecule is CCOC(=O)c1c(-c2ccccc2)c(-c2ccccc2)nn(CC(=O)OC(C)C)c1=O. The second kappa shape index (κ2) is 9.84. The fraction of sp³-hybridized carbons (Fsp3) is 0.250. The van der Waals surface area contributed by atoms with Gasteiger partial charge in [0.15, 0.2) is 0 Å². The Balaban J connectivity index is 2.32. The number of nitrogens with zero attached hydrogens (tertiary/aromatic N) is 2. The van der Waals surface area contributed by atoms with E-state index in [0.717, 1.165) is 4.68 Å². The molecule has 0 saturated heterocycles. The number of esters is 2. The van der Waals surface area contributed by atoms with Gasteiger partial charge in [0, 0.05) is 11.1 Å². The van der Waals surface area contributed by atoms with Crippen LogP contribution in [-0.2, 0) is 20.8 Å². The van der Waals surface area contributed by atoms with Crippen molar-refractivity contribution in [3.63, 3.8) is 0 Å². The van der Waals surface area contributed by atoms with Crippen molar-refractivity contribution in [1.82, 2.24) is 9.78 Å². The van der Waals surface area contributed by atoms with Gasteiger partial charge in [-0.1, -0.05) is 60.7 Å². The Morgan fingerprint density at radius 1 is 0.968 bits per heavy atom. The number of hydrogen-bond acceptors (Lipinski definition) is 6. The first-order valence-electron chi connectivity index (χ1n) is 10.0. The smallest absolute Gasteiger partial charge is 0.344 e. The summed E-state index contributed by atoms with van der Waals surface area (Å²) in [7, 11) is 0. The Morgan fingerprint density at radius 3 is 2.10 bits per heavy atom. The molecule has 0 bridgehead atoms. The van der Waals surface area contributed by atoms with Crippen LogP contribution in [0.3, 0.4) is 0 Å². The molecule has 160 valence electrons. The number of hydrogen-bond donors (Lipinski definition) is 0. The van der Waals surface area contributed by atoms with E-state index in [4.69, 9.17) is 9.47 Å². The molecule has 0 aliphatic heterocycles. The summed E-state index contributed by atoms with van der Waals surface area (Å²) >= 11 is 0. The van der Waals surface area contributed by atoms with Crippen molar-refractivity contribution in [1.29, 1.82) is 0 Å². The number of ether oxygens (including phenoxy) is 2. The van der Waals surface area contributed by atoms with Crippen molar-refractivity contribution in [2.24, 2.45) is 0 Å². The van der Waals surface area contributed by atoms with Crippen LogP contribution in [0.25, 0.3) is 22.4 Å². The zero-order valence-corrected chi connectivity index (χ0v) is 17.7. The van der Waals surface area contributed by atoms with Crippen molar-refractivity contribution in [3.05, 3.63) is 76.6 Å². The Bertz CT molecular complexity index is 1120. The third-order valence-electron chi connectivity index (χ3n) is 4.39. The van der Waals surface area contributed by atoms with Crippen LogP contribution in [0.1, 0.15) is 31.1 Å². The Morgan fingerprint density at radius 2 is 1.55 bits per heavy atom. The molecule has 1 heterocycles. The number of aromatic nitrogens is 2. The maximum Gasteiger partial charge on any atom is 0.344 e. The molecule has 0 amide bonds. The van der Waals surface area contributed by atoms with Gasteiger partial charge in [0.2, 0.25) is 0 Å². The van der Waals surface area contributed by atoms with E-state index >= 15 is 0 Å². The minimum Gasteiger partial charge on any atom is -0.462 e. The standard InChI is InChI=1S/C24H24N2O5/c1-4-30-24(29)21-20(17-11-7-5-8-12-17)22(18-13-9-6-10-14-18)25-26(23(21)28)15-19(27)31-16(2)3/h5-14,16H,4,15H2,1-3H3. The molecule has 0 fully saturated rings. The van der Waals surface area contributed by atoms with Crippen molar-refractivity contribution in [2.45, 2.75) is 33.4 Å². The van der Waals surface area contributed by atoms with E-state index in [-0.39, 0.29) is 18.3 Å². The van der Waals surface area contributed by atoms with Crippen LogP contribution >= 0.6 is 0 Å². The molecule has 7 heteroatoms. The minimum absolute atomic E-state index is 0.102. The van der Waals surface area contributed by atoms with Gasteiger partial charge < -0.3 is 9.47 Å². The van der Waals surface area contributed by atoms with E-state index in [1.165, 1.54) is 0 Å². The van der Waals surface area contributed by atoms with Gasteiger partial charge in [-0.2, -0.15) is 5.10 Å². The first-order valence-corrected chi connectivity index (χ1v) is 10.0. The Kier molecular flexibility index (Phi) is 6.97. The monoisotopic (exact) mass is 420 g/mol. The van der Waals surface area contributed by atoms with Crippen molar-refractivity contribution >= 4 is 11.9 Å². The van der Waals surface area contributed by atoms with Crippen molar-refractivity contribution in [2.75, 3.05) is 6.61 Å². The Labute approximate surface area is 180 Å². The first kappa shape index (κ1) is 22.0. The lowest BCUT2D eigenvalue weighted by molar-refractivity contribution is -0.148. The molecule has 0 aliphatic carbocycles. The third-order valence-corrected chi connectivity index (χ3v) is 4.39. The molecule has 7 nitrogen and oxygen atoms in total. The summed E-state index contributed by atoms with van der Waals surface area (Å²) in [6.07, 6.45) is -0.343. The van der Waals surface area contributed by atoms with Crippen LogP contribution in [0.4, 0.5) is 0 Å². The lowest BCUT2D eigenvalue weighted by Gasteiger charge is -2.17. The predicted octanol–water partition coefficient (Wildman–Crippen LogP) is 3.71. The molecule has 0 N–H and O–H groups in total. The molecule has 0 saturated carbocycles. The highest BCUT2D eigenvalue weighted by Gasteiger charge is 2.27. The average Bonchev–Trinajstić information content (AvgIpc) is 2.75. The van der Waals surface area contributed by atoms with Gasteiger partial charge in [-0.15, -0.1) is 0 Å². The van der Waals surface area contributed by atoms with E-state index in [9.17, 15) is 14.4 Å². The zero-order valence-electron chi connectivity index (χ0n) is 17.7. The number of carbonyl (C=O) groups excluding carboxylic acids is 2. The Hall–Kier alpha value is -3.74. The summed E-state index contributed by atoms with van der Waals surface area (Å²) < 4.78 is 11.3. The van der Waals surface area contributed by atoms with Crippen LogP contribution in [0, 0.1) is 0 Å². The molecule has 3 aromatic rings. The first-order chi connectivity index (χ1) is 14.9. The highest BCUT2D eigenvalue weighted by Crippen LogP contribution is 2.32. The summed E-state index contributed by atoms with van der Waals surface area (Å²) in [5, 5.41) is 4.46. The lowest BCUT2D eigenvalue weighted by atomic mass is 9.95. The largest absolute Gasteiger partial charge is 0.462 e. The molecule has 0 unspecified atom stereocenters. The second-order valence-corrected chi connectivity index (χ2v) is 7.05. The highest BCUT2D eigenvalue weighted by molar-refractivity contribution is 6.00. The second-order valence-electron chi connectivity index (χ2n) is 7.05. The van der Waals surface area contributed by atoms with Gasteiger partial charge in [-0.05, 0) is 26.3 Å². The fourth-order valence-electron chi connectivity index (χ4n) is 3.18. The molecule has 2 aromatic carbocycles. The number of rotatable bonds is 7. The van der Waals surface area contributed by atoms with E-state index in [2.05, 4.69) is 5.10 Å². The van der Waals surface area contributed by atoms with Gasteiger partial charge in [-0.3, -0.25) is 9.59 Å². The normalized spacial score (nSPS) is 10.7. The quantitative estimate of drug-likeness (QED) is 0.542. The molecule has 0 aliphatic rings. The highest BCUT2D eigenvalue weighted by atomic mass is 16.5. The molecular weight excluding hydrogens is 396 g/mol. The number of benzene rings is 2. The third kappa shape index (κ3) is 5.06. The number of carbonyl (C=O) groups is 2. The van der Waals surface area contributed by atoms with E-state index in [1.54, 1.807) is 32.9 Å². The topological polar surface area (TPSA) is 87.5 Å². The zero-order chi connectivity index (χ0) is 22.4. The van der Waals surface area contributed by atoms with Crippen LogP contribution in [0.15, 0.2) is 65.5 Å². The van der Waals surface area contributed by atoms with Crippen LogP contribution in [0.5, 0.6) is 0 Å². The summed E-state index contributed by atoms with van der Waals surface area (Å²) in [5.41, 5.74) is 1.22. The lowest BCUT2D eigenvalue weighted by Crippen LogP contribution is -2.34. The van der Waals surface area contributed by atoms with Gasteiger partial charge in [0.1, 0.15) is 12.1 Å². The molecule has 0 radical (unpaired) electrons. The van der Waals surface area contributed by atoms with Gasteiger partial charge in [0.25, 0.3) is 5.56 Å².